The summed E-state index contributed by atoms with van der Waals surface area (Å²) in [7, 11) is 0. The summed E-state index contributed by atoms with van der Waals surface area (Å²) in [5, 5.41) is 0. The largest absolute Gasteiger partial charge is 0.381 e. The van der Waals surface area contributed by atoms with Gasteiger partial charge in [0.2, 0.25) is 0 Å². The molecule has 2 aliphatic carbocycles. The zero-order chi connectivity index (χ0) is 17.2. The zero-order valence-electron chi connectivity index (χ0n) is 16.0. The first kappa shape index (κ1) is 18.2. The van der Waals surface area contributed by atoms with Crippen molar-refractivity contribution in [2.45, 2.75) is 58.2 Å². The van der Waals surface area contributed by atoms with Gasteiger partial charge in [-0.25, -0.2) is 0 Å². The normalized spacial score (nSPS) is 45.4. The molecule has 4 nitrogen and oxygen atoms in total. The second-order valence-corrected chi connectivity index (χ2v) is 8.82. The van der Waals surface area contributed by atoms with Gasteiger partial charge in [0.05, 0.1) is 51.8 Å². The smallest absolute Gasteiger partial charge is 0.0645 e. The van der Waals surface area contributed by atoms with E-state index < -0.39 is 0 Å². The van der Waals surface area contributed by atoms with Gasteiger partial charge in [0, 0.05) is 11.8 Å². The number of rotatable bonds is 10. The molecule has 25 heavy (non-hydrogen) atoms. The third-order valence-corrected chi connectivity index (χ3v) is 7.46. The van der Waals surface area contributed by atoms with Crippen LogP contribution in [0.5, 0.6) is 0 Å². The molecule has 0 radical (unpaired) electrons. The highest BCUT2D eigenvalue weighted by molar-refractivity contribution is 4.96. The fourth-order valence-electron chi connectivity index (χ4n) is 5.71. The van der Waals surface area contributed by atoms with E-state index in [1.807, 2.05) is 0 Å². The maximum Gasteiger partial charge on any atom is 0.0645 e. The van der Waals surface area contributed by atoms with Gasteiger partial charge in [-0.15, -0.1) is 0 Å². The summed E-state index contributed by atoms with van der Waals surface area (Å²) in [6.45, 7) is 9.84. The fourth-order valence-corrected chi connectivity index (χ4v) is 5.71. The summed E-state index contributed by atoms with van der Waals surface area (Å²) in [6.07, 6.45) is 7.34. The molecule has 0 aromatic rings. The highest BCUT2D eigenvalue weighted by atomic mass is 16.5. The third kappa shape index (κ3) is 3.78. The highest BCUT2D eigenvalue weighted by Gasteiger charge is 2.47. The summed E-state index contributed by atoms with van der Waals surface area (Å²) in [5.41, 5.74) is 0. The quantitative estimate of drug-likeness (QED) is 0.603. The van der Waals surface area contributed by atoms with Crippen LogP contribution in [0.1, 0.15) is 46.0 Å². The number of ether oxygens (including phenoxy) is 4. The lowest BCUT2D eigenvalue weighted by molar-refractivity contribution is -0.150. The minimum atomic E-state index is 0.440. The summed E-state index contributed by atoms with van der Waals surface area (Å²) >= 11 is 0. The Bertz CT molecular complexity index is 386. The Balaban J connectivity index is 1.20. The number of hydrogen-bond acceptors (Lipinski definition) is 4. The Kier molecular flexibility index (Phi) is 6.01. The van der Waals surface area contributed by atoms with Gasteiger partial charge in [-0.3, -0.25) is 0 Å². The van der Waals surface area contributed by atoms with E-state index in [-0.39, 0.29) is 0 Å². The Labute approximate surface area is 152 Å². The second-order valence-electron chi connectivity index (χ2n) is 8.82. The van der Waals surface area contributed by atoms with E-state index in [1.165, 1.54) is 19.3 Å². The van der Waals surface area contributed by atoms with Crippen LogP contribution in [0.25, 0.3) is 0 Å². The summed E-state index contributed by atoms with van der Waals surface area (Å²) in [4.78, 5) is 0. The van der Waals surface area contributed by atoms with Crippen LogP contribution in [-0.4, -0.2) is 51.8 Å². The lowest BCUT2D eigenvalue weighted by Gasteiger charge is -2.38. The SMILES string of the molecule is CCC1OCC1COCC1C2CCC(C2)C1COCC1COC1CC. The van der Waals surface area contributed by atoms with E-state index in [9.17, 15) is 0 Å². The minimum absolute atomic E-state index is 0.440. The van der Waals surface area contributed by atoms with Crippen molar-refractivity contribution in [2.24, 2.45) is 35.5 Å². The van der Waals surface area contributed by atoms with Crippen LogP contribution in [-0.2, 0) is 18.9 Å². The minimum Gasteiger partial charge on any atom is -0.381 e. The van der Waals surface area contributed by atoms with E-state index in [0.29, 0.717) is 24.0 Å². The van der Waals surface area contributed by atoms with Crippen molar-refractivity contribution < 1.29 is 18.9 Å². The first-order chi connectivity index (χ1) is 12.3. The van der Waals surface area contributed by atoms with E-state index in [0.717, 1.165) is 76.2 Å². The van der Waals surface area contributed by atoms with Crippen molar-refractivity contribution in [2.75, 3.05) is 39.6 Å². The molecule has 2 saturated carbocycles. The van der Waals surface area contributed by atoms with Gasteiger partial charge >= 0.3 is 0 Å². The van der Waals surface area contributed by atoms with Gasteiger partial charge in [-0.05, 0) is 55.8 Å². The molecule has 0 amide bonds. The predicted octanol–water partition coefficient (Wildman–Crippen LogP) is 3.53. The van der Waals surface area contributed by atoms with Gasteiger partial charge < -0.3 is 18.9 Å². The molecule has 0 spiro atoms. The average Bonchev–Trinajstić information content (AvgIpc) is 3.16. The van der Waals surface area contributed by atoms with Crippen LogP contribution >= 0.6 is 0 Å². The van der Waals surface area contributed by atoms with Crippen molar-refractivity contribution in [3.8, 4) is 0 Å². The van der Waals surface area contributed by atoms with Crippen LogP contribution in [0.3, 0.4) is 0 Å². The molecule has 2 aliphatic heterocycles. The Morgan fingerprint density at radius 1 is 0.720 bits per heavy atom. The van der Waals surface area contributed by atoms with Gasteiger partial charge in [-0.1, -0.05) is 13.8 Å². The van der Waals surface area contributed by atoms with Gasteiger partial charge in [0.1, 0.15) is 0 Å². The van der Waals surface area contributed by atoms with Gasteiger partial charge in [0.15, 0.2) is 0 Å². The topological polar surface area (TPSA) is 36.9 Å². The predicted molar refractivity (Wildman–Crippen MR) is 96.5 cm³/mol. The molecule has 4 fully saturated rings. The Morgan fingerprint density at radius 3 is 1.56 bits per heavy atom. The van der Waals surface area contributed by atoms with Crippen molar-refractivity contribution in [3.05, 3.63) is 0 Å². The summed E-state index contributed by atoms with van der Waals surface area (Å²) < 4.78 is 23.5. The Morgan fingerprint density at radius 2 is 1.20 bits per heavy atom. The number of fused-ring (bicyclic) bond motifs is 2. The second kappa shape index (κ2) is 8.24. The molecule has 4 rings (SSSR count). The van der Waals surface area contributed by atoms with Crippen molar-refractivity contribution in [1.29, 1.82) is 0 Å². The molecule has 144 valence electrons. The first-order valence-corrected chi connectivity index (χ1v) is 10.7. The molecule has 2 bridgehead atoms. The lowest BCUT2D eigenvalue weighted by Crippen LogP contribution is -2.43. The van der Waals surface area contributed by atoms with Crippen molar-refractivity contribution in [3.63, 3.8) is 0 Å². The van der Waals surface area contributed by atoms with Crippen molar-refractivity contribution >= 4 is 0 Å². The van der Waals surface area contributed by atoms with Crippen LogP contribution in [0.2, 0.25) is 0 Å². The van der Waals surface area contributed by atoms with Crippen LogP contribution < -0.4 is 0 Å². The molecule has 2 saturated heterocycles. The number of hydrogen-bond donors (Lipinski definition) is 0. The molecule has 4 heteroatoms. The van der Waals surface area contributed by atoms with E-state index in [4.69, 9.17) is 18.9 Å². The van der Waals surface area contributed by atoms with E-state index in [1.54, 1.807) is 0 Å². The van der Waals surface area contributed by atoms with E-state index in [2.05, 4.69) is 13.8 Å². The molecule has 4 aliphatic rings. The van der Waals surface area contributed by atoms with Gasteiger partial charge in [-0.2, -0.15) is 0 Å². The molecular weight excluding hydrogens is 316 g/mol. The summed E-state index contributed by atoms with van der Waals surface area (Å²) in [6, 6.07) is 0. The highest BCUT2D eigenvalue weighted by Crippen LogP contribution is 2.52. The van der Waals surface area contributed by atoms with Crippen LogP contribution in [0.4, 0.5) is 0 Å². The molecule has 2 heterocycles. The van der Waals surface area contributed by atoms with Crippen molar-refractivity contribution in [1.82, 2.24) is 0 Å². The molecule has 0 aromatic carbocycles. The monoisotopic (exact) mass is 352 g/mol. The third-order valence-electron chi connectivity index (χ3n) is 7.46. The average molecular weight is 353 g/mol. The standard InChI is InChI=1S/C21H36O4/c1-3-20-16(10-24-20)8-22-12-18-14-5-6-15(7-14)19(18)13-23-9-17-11-25-21(17)4-2/h14-21H,3-13H2,1-2H3. The lowest BCUT2D eigenvalue weighted by atomic mass is 9.80. The van der Waals surface area contributed by atoms with Crippen LogP contribution in [0, 0.1) is 35.5 Å². The maximum absolute atomic E-state index is 6.18. The zero-order valence-corrected chi connectivity index (χ0v) is 16.0. The maximum atomic E-state index is 6.18. The van der Waals surface area contributed by atoms with Crippen LogP contribution in [0.15, 0.2) is 0 Å². The fraction of sp³-hybridized carbons (Fsp3) is 1.00. The van der Waals surface area contributed by atoms with Gasteiger partial charge in [0.25, 0.3) is 0 Å². The Hall–Kier alpha value is -0.160. The van der Waals surface area contributed by atoms with E-state index >= 15 is 0 Å². The molecule has 0 N–H and O–H groups in total. The molecule has 8 atom stereocenters. The summed E-state index contributed by atoms with van der Waals surface area (Å²) in [5.74, 6) is 4.46. The molecule has 0 aromatic heterocycles. The first-order valence-electron chi connectivity index (χ1n) is 10.7. The molecular formula is C21H36O4. The molecule has 8 unspecified atom stereocenters.